The van der Waals surface area contributed by atoms with E-state index in [9.17, 15) is 14.4 Å². The summed E-state index contributed by atoms with van der Waals surface area (Å²) in [5.74, 6) is 0.934. The number of Topliss-reactive ketones (excluding diaryl/α,β-unsaturated/α-hetero) is 2. The predicted octanol–water partition coefficient (Wildman–Crippen LogP) is 4.90. The minimum atomic E-state index is -0.415. The van der Waals surface area contributed by atoms with Gasteiger partial charge in [0, 0.05) is 63.6 Å². The number of nitrogens with one attached hydrogen (secondary N) is 1. The van der Waals surface area contributed by atoms with Crippen LogP contribution < -0.4 is 26.3 Å². The summed E-state index contributed by atoms with van der Waals surface area (Å²) in [5.41, 5.74) is 16.1. The molecule has 1 amide bonds. The van der Waals surface area contributed by atoms with Crippen LogP contribution in [-0.2, 0) is 49.4 Å². The standard InChI is InChI=1S/C44H55ClN10O5/c1-53-29-48-24-34(53)13-15-36(56)27-59-38-17-9-31(10-18-38)6-3-21-55(23-5-8-33(26-55)50-44(58)40-42(46)52-43(47)41(45)51-40)22-4-7-32-11-19-39(20-12-32)60-28-37(57)16-14-35-25-49-30-54(35)2/h9-12,17-20,24-25,29-30,33H,3-8,13-16,21-23,26-28H2,1-2H3,(H4-,46,47,50,52,58)/p+1/t33-/m0/s1. The third kappa shape index (κ3) is 12.6. The van der Waals surface area contributed by atoms with Gasteiger partial charge in [0.1, 0.15) is 24.7 Å². The molecule has 2 aromatic carbocycles. The highest BCUT2D eigenvalue weighted by molar-refractivity contribution is 6.31. The molecule has 0 spiro atoms. The van der Waals surface area contributed by atoms with Gasteiger partial charge >= 0.3 is 0 Å². The highest BCUT2D eigenvalue weighted by Crippen LogP contribution is 2.25. The van der Waals surface area contributed by atoms with Gasteiger partial charge in [-0.3, -0.25) is 14.4 Å². The van der Waals surface area contributed by atoms with Crippen molar-refractivity contribution in [3.8, 4) is 11.5 Å². The number of aromatic nitrogens is 6. The van der Waals surface area contributed by atoms with E-state index in [1.54, 1.807) is 25.0 Å². The number of nitrogens with two attached hydrogens (primary N) is 2. The molecule has 1 atom stereocenters. The smallest absolute Gasteiger partial charge is 0.274 e. The van der Waals surface area contributed by atoms with Gasteiger partial charge in [-0.05, 0) is 73.9 Å². The highest BCUT2D eigenvalue weighted by Gasteiger charge is 2.35. The van der Waals surface area contributed by atoms with Gasteiger partial charge in [-0.2, -0.15) is 0 Å². The second-order valence-electron chi connectivity index (χ2n) is 15.8. The van der Waals surface area contributed by atoms with Gasteiger partial charge in [0.25, 0.3) is 5.91 Å². The Morgan fingerprint density at radius 3 is 1.77 bits per heavy atom. The van der Waals surface area contributed by atoms with E-state index in [1.807, 2.05) is 47.5 Å². The van der Waals surface area contributed by atoms with Crippen molar-refractivity contribution in [1.29, 1.82) is 0 Å². The number of nitrogen functional groups attached to an aromatic ring is 2. The molecule has 5 aromatic rings. The van der Waals surface area contributed by atoms with Crippen LogP contribution in [0.15, 0.2) is 73.6 Å². The molecule has 0 aliphatic carbocycles. The Bertz CT molecular complexity index is 2100. The fraction of sp³-hybridized carbons (Fsp3) is 0.432. The van der Waals surface area contributed by atoms with E-state index in [4.69, 9.17) is 32.5 Å². The second kappa shape index (κ2) is 20.9. The number of likely N-dealkylation sites (tertiary alicyclic amines) is 1. The number of benzene rings is 2. The monoisotopic (exact) mass is 839 g/mol. The number of aryl methyl sites for hydroxylation is 6. The molecule has 318 valence electrons. The molecule has 0 unspecified atom stereocenters. The fourth-order valence-electron chi connectivity index (χ4n) is 7.82. The first-order valence-corrected chi connectivity index (χ1v) is 20.9. The lowest BCUT2D eigenvalue weighted by Crippen LogP contribution is -2.60. The summed E-state index contributed by atoms with van der Waals surface area (Å²) in [5, 5.41) is 3.10. The predicted molar refractivity (Wildman–Crippen MR) is 230 cm³/mol. The summed E-state index contributed by atoms with van der Waals surface area (Å²) in [6.07, 6.45) is 14.5. The van der Waals surface area contributed by atoms with E-state index in [0.29, 0.717) is 37.2 Å². The first-order chi connectivity index (χ1) is 28.9. The minimum absolute atomic E-state index is 0.0196. The molecule has 15 nitrogen and oxygen atoms in total. The zero-order valence-electron chi connectivity index (χ0n) is 34.5. The highest BCUT2D eigenvalue weighted by atomic mass is 35.5. The van der Waals surface area contributed by atoms with Crippen molar-refractivity contribution in [2.45, 2.75) is 70.3 Å². The summed E-state index contributed by atoms with van der Waals surface area (Å²) < 4.78 is 16.3. The molecule has 0 radical (unpaired) electrons. The maximum Gasteiger partial charge on any atom is 0.274 e. The molecule has 60 heavy (non-hydrogen) atoms. The van der Waals surface area contributed by atoms with Gasteiger partial charge < -0.3 is 39.9 Å². The van der Waals surface area contributed by atoms with E-state index in [0.717, 1.165) is 80.6 Å². The molecule has 6 rings (SSSR count). The van der Waals surface area contributed by atoms with Crippen LogP contribution >= 0.6 is 11.6 Å². The largest absolute Gasteiger partial charge is 0.486 e. The van der Waals surface area contributed by atoms with Crippen LogP contribution in [0.2, 0.25) is 5.15 Å². The van der Waals surface area contributed by atoms with Crippen LogP contribution in [0.4, 0.5) is 11.6 Å². The van der Waals surface area contributed by atoms with E-state index in [2.05, 4.69) is 49.5 Å². The molecule has 1 aliphatic rings. The molecule has 5 N–H and O–H groups in total. The van der Waals surface area contributed by atoms with Crippen LogP contribution in [0.25, 0.3) is 0 Å². The summed E-state index contributed by atoms with van der Waals surface area (Å²) in [6.45, 7) is 3.72. The number of piperidine rings is 1. The second-order valence-corrected chi connectivity index (χ2v) is 16.1. The number of ketones is 2. The lowest BCUT2D eigenvalue weighted by molar-refractivity contribution is -0.933. The molecular weight excluding hydrogens is 784 g/mol. The Labute approximate surface area is 356 Å². The van der Waals surface area contributed by atoms with Crippen molar-refractivity contribution in [3.63, 3.8) is 0 Å². The number of rotatable bonds is 22. The van der Waals surface area contributed by atoms with Crippen LogP contribution in [0.5, 0.6) is 11.5 Å². The van der Waals surface area contributed by atoms with Crippen molar-refractivity contribution < 1.29 is 28.3 Å². The number of ether oxygens (including phenoxy) is 2. The van der Waals surface area contributed by atoms with Crippen molar-refractivity contribution in [2.24, 2.45) is 14.1 Å². The molecule has 4 heterocycles. The fourth-order valence-corrected chi connectivity index (χ4v) is 7.95. The Morgan fingerprint density at radius 2 is 1.28 bits per heavy atom. The Kier molecular flexibility index (Phi) is 15.3. The lowest BCUT2D eigenvalue weighted by Gasteiger charge is -2.45. The average Bonchev–Trinajstić information content (AvgIpc) is 3.86. The van der Waals surface area contributed by atoms with Crippen molar-refractivity contribution in [3.05, 3.63) is 107 Å². The number of hydrogen-bond donors (Lipinski definition) is 3. The summed E-state index contributed by atoms with van der Waals surface area (Å²) >= 11 is 6.09. The number of imidazole rings is 2. The third-order valence-corrected chi connectivity index (χ3v) is 11.5. The molecule has 1 fully saturated rings. The van der Waals surface area contributed by atoms with Crippen LogP contribution in [-0.4, -0.2) is 96.5 Å². The molecule has 1 aliphatic heterocycles. The van der Waals surface area contributed by atoms with E-state index >= 15 is 0 Å². The lowest BCUT2D eigenvalue weighted by atomic mass is 9.99. The van der Waals surface area contributed by atoms with Gasteiger partial charge in [0.2, 0.25) is 0 Å². The Hall–Kier alpha value is -5.80. The minimum Gasteiger partial charge on any atom is -0.486 e. The zero-order valence-corrected chi connectivity index (χ0v) is 35.3. The first-order valence-electron chi connectivity index (χ1n) is 20.6. The van der Waals surface area contributed by atoms with Gasteiger partial charge in [-0.15, -0.1) is 0 Å². The third-order valence-electron chi connectivity index (χ3n) is 11.2. The number of carbonyl (C=O) groups is 3. The van der Waals surface area contributed by atoms with E-state index in [1.165, 1.54) is 11.1 Å². The summed E-state index contributed by atoms with van der Waals surface area (Å²) in [4.78, 5) is 54.6. The molecule has 16 heteroatoms. The summed E-state index contributed by atoms with van der Waals surface area (Å²) in [6, 6.07) is 15.9. The molecule has 0 bridgehead atoms. The van der Waals surface area contributed by atoms with Gasteiger partial charge in [0.05, 0.1) is 44.9 Å². The van der Waals surface area contributed by atoms with E-state index in [-0.39, 0.29) is 53.3 Å². The van der Waals surface area contributed by atoms with Crippen molar-refractivity contribution in [1.82, 2.24) is 34.4 Å². The van der Waals surface area contributed by atoms with E-state index < -0.39 is 5.91 Å². The number of nitrogens with zero attached hydrogens (tertiary/aromatic N) is 7. The number of hydrogen-bond acceptors (Lipinski definition) is 11. The molecule has 1 saturated heterocycles. The van der Waals surface area contributed by atoms with Crippen molar-refractivity contribution >= 4 is 40.7 Å². The number of halogens is 1. The van der Waals surface area contributed by atoms with Gasteiger partial charge in [-0.25, -0.2) is 19.9 Å². The van der Waals surface area contributed by atoms with Gasteiger partial charge in [-0.1, -0.05) is 35.9 Å². The first kappa shape index (κ1) is 43.8. The molecular formula is C44H56ClN10O5+. The van der Waals surface area contributed by atoms with Gasteiger partial charge in [0.15, 0.2) is 34.0 Å². The number of anilines is 2. The van der Waals surface area contributed by atoms with Crippen LogP contribution in [0.1, 0.15) is 71.5 Å². The SMILES string of the molecule is Cn1cncc1CCC(=O)COc1ccc(CCC[N+]2(CCCc3ccc(OCC(=O)CCc4cncn4C)cc3)CCC[C@H](NC(=O)c3nc(Cl)c(N)nc3N)C2)cc1. The number of quaternary nitrogens is 1. The van der Waals surface area contributed by atoms with Crippen molar-refractivity contribution in [2.75, 3.05) is 50.9 Å². The van der Waals surface area contributed by atoms with Crippen LogP contribution in [0.3, 0.4) is 0 Å². The normalized spacial score (nSPS) is 14.8. The summed E-state index contributed by atoms with van der Waals surface area (Å²) in [7, 11) is 3.84. The maximum atomic E-state index is 13.4. The topological polar surface area (TPSA) is 195 Å². The molecule has 3 aromatic heterocycles. The Morgan fingerprint density at radius 1 is 0.767 bits per heavy atom. The quantitative estimate of drug-likeness (QED) is 0.0803. The Balaban J connectivity index is 1.01. The van der Waals surface area contributed by atoms with Crippen LogP contribution in [0, 0.1) is 0 Å². The number of amides is 1. The maximum absolute atomic E-state index is 13.4. The molecule has 0 saturated carbocycles. The number of carbonyl (C=O) groups excluding carboxylic acids is 3. The average molecular weight is 840 g/mol. The zero-order chi connectivity index (χ0) is 42.5.